The zero-order chi connectivity index (χ0) is 10.8. The number of hydrogen-bond donors (Lipinski definition) is 2. The van der Waals surface area contributed by atoms with Gasteiger partial charge < -0.3 is 10.2 Å². The lowest BCUT2D eigenvalue weighted by atomic mass is 10.2. The van der Waals surface area contributed by atoms with Crippen LogP contribution in [0.5, 0.6) is 0 Å². The van der Waals surface area contributed by atoms with Gasteiger partial charge in [0.1, 0.15) is 6.54 Å². The van der Waals surface area contributed by atoms with Crippen LogP contribution in [0.3, 0.4) is 0 Å². The van der Waals surface area contributed by atoms with Crippen LogP contribution in [0, 0.1) is 0 Å². The van der Waals surface area contributed by atoms with E-state index in [1.54, 1.807) is 12.1 Å². The monoisotopic (exact) mass is 222 g/mol. The Bertz CT molecular complexity index is 420. The summed E-state index contributed by atoms with van der Waals surface area (Å²) in [6.45, 7) is 0.0659. The van der Waals surface area contributed by atoms with E-state index in [0.29, 0.717) is 5.69 Å². The molecule has 1 aromatic rings. The van der Waals surface area contributed by atoms with Gasteiger partial charge in [-0.15, -0.1) is 0 Å². The molecule has 1 aliphatic heterocycles. The van der Waals surface area contributed by atoms with Crippen molar-refractivity contribution in [3.8, 4) is 0 Å². The van der Waals surface area contributed by atoms with Crippen LogP contribution in [0.2, 0.25) is 0 Å². The first-order chi connectivity index (χ1) is 7.22. The van der Waals surface area contributed by atoms with Crippen LogP contribution in [0.1, 0.15) is 0 Å². The van der Waals surface area contributed by atoms with Crippen molar-refractivity contribution in [1.82, 2.24) is 0 Å². The van der Waals surface area contributed by atoms with E-state index < -0.39 is 0 Å². The van der Waals surface area contributed by atoms with Crippen molar-refractivity contribution in [1.29, 1.82) is 0 Å². The molecule has 5 heteroatoms. The summed E-state index contributed by atoms with van der Waals surface area (Å²) in [5.74, 6) is -0.244. The largest absolute Gasteiger partial charge is 0.323 e. The number of para-hydroxylation sites is 2. The number of carbonyl (C=O) groups excluding carboxylic acids is 2. The molecule has 1 heterocycles. The number of fused-ring (bicyclic) bond motifs is 1. The standard InChI is InChI=1S/C10H10N2O2S/c13-9-5-12(10(14)6-15)8-4-2-1-3-7(8)11-9/h1-4,15H,5-6H2,(H,11,13). The second-order valence-electron chi connectivity index (χ2n) is 3.20. The first-order valence-corrected chi connectivity index (χ1v) is 5.15. The fourth-order valence-corrected chi connectivity index (χ4v) is 1.71. The predicted octanol–water partition coefficient (Wildman–Crippen LogP) is 0.901. The summed E-state index contributed by atoms with van der Waals surface area (Å²) in [5, 5.41) is 2.71. The van der Waals surface area contributed by atoms with Crippen molar-refractivity contribution in [2.24, 2.45) is 0 Å². The quantitative estimate of drug-likeness (QED) is 0.694. The molecule has 2 rings (SSSR count). The highest BCUT2D eigenvalue weighted by atomic mass is 32.1. The van der Waals surface area contributed by atoms with Crippen LogP contribution >= 0.6 is 12.6 Å². The van der Waals surface area contributed by atoms with Crippen LogP contribution in [0.25, 0.3) is 0 Å². The Labute approximate surface area is 92.7 Å². The van der Waals surface area contributed by atoms with Gasteiger partial charge in [0.2, 0.25) is 11.8 Å². The molecule has 0 fully saturated rings. The van der Waals surface area contributed by atoms with E-state index in [9.17, 15) is 9.59 Å². The summed E-state index contributed by atoms with van der Waals surface area (Å²) in [5.41, 5.74) is 1.40. The molecular weight excluding hydrogens is 212 g/mol. The topological polar surface area (TPSA) is 49.4 Å². The smallest absolute Gasteiger partial charge is 0.244 e. The average molecular weight is 222 g/mol. The maximum atomic E-state index is 11.5. The molecule has 1 aromatic carbocycles. The lowest BCUT2D eigenvalue weighted by molar-refractivity contribution is -0.120. The zero-order valence-corrected chi connectivity index (χ0v) is 8.83. The molecule has 0 bridgehead atoms. The molecule has 0 aromatic heterocycles. The fourth-order valence-electron chi connectivity index (χ4n) is 1.54. The van der Waals surface area contributed by atoms with Crippen molar-refractivity contribution in [2.45, 2.75) is 0 Å². The van der Waals surface area contributed by atoms with Crippen LogP contribution in [-0.4, -0.2) is 24.1 Å². The second kappa shape index (κ2) is 3.94. The van der Waals surface area contributed by atoms with E-state index in [-0.39, 0.29) is 24.1 Å². The molecule has 0 spiro atoms. The maximum Gasteiger partial charge on any atom is 0.244 e. The summed E-state index contributed by atoms with van der Waals surface area (Å²) in [7, 11) is 0. The molecule has 0 saturated carbocycles. The summed E-state index contributed by atoms with van der Waals surface area (Å²) in [6, 6.07) is 7.21. The minimum Gasteiger partial charge on any atom is -0.323 e. The number of nitrogens with one attached hydrogen (secondary N) is 1. The maximum absolute atomic E-state index is 11.5. The minimum atomic E-state index is -0.177. The van der Waals surface area contributed by atoms with Crippen LogP contribution in [0.4, 0.5) is 11.4 Å². The van der Waals surface area contributed by atoms with Crippen LogP contribution < -0.4 is 10.2 Å². The molecule has 0 unspecified atom stereocenters. The fraction of sp³-hybridized carbons (Fsp3) is 0.200. The highest BCUT2D eigenvalue weighted by Crippen LogP contribution is 2.28. The molecule has 0 aliphatic carbocycles. The molecule has 0 radical (unpaired) electrons. The molecule has 0 saturated heterocycles. The third-order valence-corrected chi connectivity index (χ3v) is 2.48. The third-order valence-electron chi connectivity index (χ3n) is 2.21. The Kier molecular flexibility index (Phi) is 2.64. The number of nitrogens with zero attached hydrogens (tertiary/aromatic N) is 1. The lowest BCUT2D eigenvalue weighted by Gasteiger charge is -2.28. The third kappa shape index (κ3) is 1.83. The van der Waals surface area contributed by atoms with E-state index in [2.05, 4.69) is 17.9 Å². The number of anilines is 2. The van der Waals surface area contributed by atoms with Gasteiger partial charge in [0.25, 0.3) is 0 Å². The number of amides is 2. The summed E-state index contributed by atoms with van der Waals surface area (Å²) >= 11 is 3.92. The van der Waals surface area contributed by atoms with Gasteiger partial charge in [-0.2, -0.15) is 12.6 Å². The van der Waals surface area contributed by atoms with E-state index in [0.717, 1.165) is 5.69 Å². The van der Waals surface area contributed by atoms with Crippen molar-refractivity contribution in [3.63, 3.8) is 0 Å². The summed E-state index contributed by atoms with van der Waals surface area (Å²) in [4.78, 5) is 24.3. The molecule has 0 atom stereocenters. The van der Waals surface area contributed by atoms with Gasteiger partial charge >= 0.3 is 0 Å². The summed E-state index contributed by atoms with van der Waals surface area (Å²) < 4.78 is 0. The average Bonchev–Trinajstić information content (AvgIpc) is 2.26. The van der Waals surface area contributed by atoms with Crippen molar-refractivity contribution in [2.75, 3.05) is 22.5 Å². The van der Waals surface area contributed by atoms with Crippen molar-refractivity contribution < 1.29 is 9.59 Å². The highest BCUT2D eigenvalue weighted by molar-refractivity contribution is 7.81. The lowest BCUT2D eigenvalue weighted by Crippen LogP contribution is -2.42. The van der Waals surface area contributed by atoms with E-state index in [1.807, 2.05) is 12.1 Å². The molecule has 78 valence electrons. The Balaban J connectivity index is 2.42. The van der Waals surface area contributed by atoms with E-state index in [4.69, 9.17) is 0 Å². The van der Waals surface area contributed by atoms with Gasteiger partial charge in [-0.25, -0.2) is 0 Å². The van der Waals surface area contributed by atoms with Gasteiger partial charge in [-0.3, -0.25) is 9.59 Å². The number of carbonyl (C=O) groups is 2. The van der Waals surface area contributed by atoms with Gasteiger partial charge in [0.15, 0.2) is 0 Å². The Morgan fingerprint density at radius 3 is 2.93 bits per heavy atom. The van der Waals surface area contributed by atoms with Crippen LogP contribution in [-0.2, 0) is 9.59 Å². The SMILES string of the molecule is O=C1CN(C(=O)CS)c2ccccc2N1. The van der Waals surface area contributed by atoms with E-state index in [1.165, 1.54) is 4.90 Å². The zero-order valence-electron chi connectivity index (χ0n) is 7.93. The molecular formula is C10H10N2O2S. The Hall–Kier alpha value is -1.49. The molecule has 15 heavy (non-hydrogen) atoms. The molecule has 4 nitrogen and oxygen atoms in total. The van der Waals surface area contributed by atoms with Crippen LogP contribution in [0.15, 0.2) is 24.3 Å². The molecule has 1 aliphatic rings. The first-order valence-electron chi connectivity index (χ1n) is 4.52. The van der Waals surface area contributed by atoms with Crippen molar-refractivity contribution >= 4 is 35.8 Å². The van der Waals surface area contributed by atoms with Gasteiger partial charge in [0.05, 0.1) is 17.1 Å². The normalized spacial score (nSPS) is 14.5. The summed E-state index contributed by atoms with van der Waals surface area (Å²) in [6.07, 6.45) is 0. The van der Waals surface area contributed by atoms with Gasteiger partial charge in [-0.1, -0.05) is 12.1 Å². The molecule has 1 N–H and O–H groups in total. The Morgan fingerprint density at radius 2 is 2.20 bits per heavy atom. The second-order valence-corrected chi connectivity index (χ2v) is 3.52. The highest BCUT2D eigenvalue weighted by Gasteiger charge is 2.25. The predicted molar refractivity (Wildman–Crippen MR) is 61.3 cm³/mol. The van der Waals surface area contributed by atoms with Crippen molar-refractivity contribution in [3.05, 3.63) is 24.3 Å². The first kappa shape index (κ1) is 10.0. The molecule has 2 amide bonds. The number of hydrogen-bond acceptors (Lipinski definition) is 3. The van der Waals surface area contributed by atoms with Gasteiger partial charge in [-0.05, 0) is 12.1 Å². The Morgan fingerprint density at radius 1 is 1.47 bits per heavy atom. The number of rotatable bonds is 1. The van der Waals surface area contributed by atoms with Gasteiger partial charge in [0, 0.05) is 0 Å². The number of thiol groups is 1. The van der Waals surface area contributed by atoms with E-state index >= 15 is 0 Å². The number of benzene rings is 1. The minimum absolute atomic E-state index is 0.0659.